The third-order valence-corrected chi connectivity index (χ3v) is 1.79. The number of hydrogen-bond acceptors (Lipinski definition) is 3. The summed E-state index contributed by atoms with van der Waals surface area (Å²) in [6.45, 7) is -0.528. The van der Waals surface area contributed by atoms with E-state index in [1.807, 2.05) is 18.2 Å². The number of benzene rings is 1. The van der Waals surface area contributed by atoms with Crippen LogP contribution >= 0.6 is 0 Å². The van der Waals surface area contributed by atoms with Gasteiger partial charge in [-0.05, 0) is 5.21 Å². The second-order valence-electron chi connectivity index (χ2n) is 2.93. The van der Waals surface area contributed by atoms with Gasteiger partial charge in [-0.15, -0.1) is 10.2 Å². The maximum Gasteiger partial charge on any atom is 0.259 e. The van der Waals surface area contributed by atoms with E-state index in [0.717, 1.165) is 10.4 Å². The standard InChI is InChI=1S/C9H8F2N4/c10-8(11)6-15-13-9(12-14-15)7-4-2-1-3-5-7/h1-5,8H,6H2. The van der Waals surface area contributed by atoms with Crippen molar-refractivity contribution in [1.82, 2.24) is 20.2 Å². The molecule has 6 heteroatoms. The van der Waals surface area contributed by atoms with Crippen molar-refractivity contribution in [3.63, 3.8) is 0 Å². The Morgan fingerprint density at radius 1 is 1.20 bits per heavy atom. The molecule has 0 unspecified atom stereocenters. The first-order valence-electron chi connectivity index (χ1n) is 4.37. The molecule has 0 radical (unpaired) electrons. The van der Waals surface area contributed by atoms with Gasteiger partial charge in [0.2, 0.25) is 5.82 Å². The molecule has 0 aliphatic heterocycles. The highest BCUT2D eigenvalue weighted by molar-refractivity contribution is 5.52. The topological polar surface area (TPSA) is 43.6 Å². The van der Waals surface area contributed by atoms with Crippen LogP contribution in [0.5, 0.6) is 0 Å². The number of halogens is 2. The Bertz CT molecular complexity index is 427. The van der Waals surface area contributed by atoms with E-state index >= 15 is 0 Å². The van der Waals surface area contributed by atoms with Gasteiger partial charge in [-0.2, -0.15) is 4.80 Å². The second kappa shape index (κ2) is 4.12. The summed E-state index contributed by atoms with van der Waals surface area (Å²) in [5.41, 5.74) is 0.762. The molecule has 0 aliphatic carbocycles. The summed E-state index contributed by atoms with van der Waals surface area (Å²) in [5.74, 6) is 0.358. The highest BCUT2D eigenvalue weighted by atomic mass is 19.3. The molecular formula is C9H8F2N4. The molecule has 2 rings (SSSR count). The van der Waals surface area contributed by atoms with Crippen molar-refractivity contribution < 1.29 is 8.78 Å². The average Bonchev–Trinajstić information content (AvgIpc) is 2.67. The molecule has 78 valence electrons. The molecule has 15 heavy (non-hydrogen) atoms. The largest absolute Gasteiger partial charge is 0.259 e. The van der Waals surface area contributed by atoms with Gasteiger partial charge < -0.3 is 0 Å². The molecule has 0 saturated heterocycles. The van der Waals surface area contributed by atoms with Crippen molar-refractivity contribution in [3.05, 3.63) is 30.3 Å². The molecule has 4 nitrogen and oxygen atoms in total. The minimum Gasteiger partial charge on any atom is -0.208 e. The van der Waals surface area contributed by atoms with Crippen LogP contribution in [-0.2, 0) is 6.54 Å². The predicted molar refractivity (Wildman–Crippen MR) is 49.3 cm³/mol. The molecule has 0 aliphatic rings. The Balaban J connectivity index is 2.21. The molecule has 0 spiro atoms. The highest BCUT2D eigenvalue weighted by Crippen LogP contribution is 2.11. The quantitative estimate of drug-likeness (QED) is 0.772. The van der Waals surface area contributed by atoms with E-state index in [1.54, 1.807) is 12.1 Å². The third-order valence-electron chi connectivity index (χ3n) is 1.79. The molecule has 0 amide bonds. The maximum atomic E-state index is 12.0. The summed E-state index contributed by atoms with van der Waals surface area (Å²) >= 11 is 0. The second-order valence-corrected chi connectivity index (χ2v) is 2.93. The van der Waals surface area contributed by atoms with Crippen LogP contribution in [0.25, 0.3) is 11.4 Å². The van der Waals surface area contributed by atoms with Crippen LogP contribution in [-0.4, -0.2) is 26.6 Å². The fourth-order valence-corrected chi connectivity index (χ4v) is 1.15. The average molecular weight is 210 g/mol. The van der Waals surface area contributed by atoms with Crippen LogP contribution in [0.4, 0.5) is 8.78 Å². The Kier molecular flexibility index (Phi) is 2.66. The van der Waals surface area contributed by atoms with E-state index in [9.17, 15) is 8.78 Å². The highest BCUT2D eigenvalue weighted by Gasteiger charge is 2.09. The molecule has 0 atom stereocenters. The number of aromatic nitrogens is 4. The fourth-order valence-electron chi connectivity index (χ4n) is 1.15. The van der Waals surface area contributed by atoms with Crippen molar-refractivity contribution in [2.75, 3.05) is 0 Å². The summed E-state index contributed by atoms with van der Waals surface area (Å²) in [4.78, 5) is 0.896. The first kappa shape index (κ1) is 9.70. The van der Waals surface area contributed by atoms with Crippen molar-refractivity contribution in [1.29, 1.82) is 0 Å². The van der Waals surface area contributed by atoms with E-state index < -0.39 is 13.0 Å². The summed E-state index contributed by atoms with van der Waals surface area (Å²) in [7, 11) is 0. The summed E-state index contributed by atoms with van der Waals surface area (Å²) < 4.78 is 24.0. The zero-order valence-electron chi connectivity index (χ0n) is 7.72. The van der Waals surface area contributed by atoms with Gasteiger partial charge in [-0.1, -0.05) is 30.3 Å². The van der Waals surface area contributed by atoms with Gasteiger partial charge in [-0.3, -0.25) is 0 Å². The van der Waals surface area contributed by atoms with Crippen LogP contribution < -0.4 is 0 Å². The van der Waals surface area contributed by atoms with Crippen molar-refractivity contribution in [2.24, 2.45) is 0 Å². The minimum absolute atomic E-state index is 0.358. The van der Waals surface area contributed by atoms with E-state index in [2.05, 4.69) is 15.4 Å². The Labute approximate surface area is 84.5 Å². The van der Waals surface area contributed by atoms with Gasteiger partial charge in [0, 0.05) is 5.56 Å². The lowest BCUT2D eigenvalue weighted by atomic mass is 10.2. The van der Waals surface area contributed by atoms with Crippen molar-refractivity contribution in [2.45, 2.75) is 13.0 Å². The molecule has 0 saturated carbocycles. The summed E-state index contributed by atoms with van der Waals surface area (Å²) in [6.07, 6.45) is -2.47. The lowest BCUT2D eigenvalue weighted by Crippen LogP contribution is -2.09. The van der Waals surface area contributed by atoms with Crippen LogP contribution in [0.1, 0.15) is 0 Å². The lowest BCUT2D eigenvalue weighted by Gasteiger charge is -1.95. The van der Waals surface area contributed by atoms with E-state index in [1.165, 1.54) is 0 Å². The number of hydrogen-bond donors (Lipinski definition) is 0. The maximum absolute atomic E-state index is 12.0. The first-order valence-corrected chi connectivity index (χ1v) is 4.37. The summed E-state index contributed by atoms with van der Waals surface area (Å²) in [6, 6.07) is 9.09. The van der Waals surface area contributed by atoms with Gasteiger partial charge >= 0.3 is 0 Å². The van der Waals surface area contributed by atoms with Crippen LogP contribution in [0.3, 0.4) is 0 Å². The summed E-state index contributed by atoms with van der Waals surface area (Å²) in [5, 5.41) is 11.1. The predicted octanol–water partition coefficient (Wildman–Crippen LogP) is 1.61. The third kappa shape index (κ3) is 2.34. The molecule has 1 aromatic carbocycles. The van der Waals surface area contributed by atoms with Gasteiger partial charge in [0.15, 0.2) is 0 Å². The number of nitrogens with zero attached hydrogens (tertiary/aromatic N) is 4. The van der Waals surface area contributed by atoms with E-state index in [4.69, 9.17) is 0 Å². The van der Waals surface area contributed by atoms with Crippen LogP contribution in [0.2, 0.25) is 0 Å². The molecular weight excluding hydrogens is 202 g/mol. The van der Waals surface area contributed by atoms with Gasteiger partial charge in [-0.25, -0.2) is 8.78 Å². The Morgan fingerprint density at radius 2 is 1.93 bits per heavy atom. The molecule has 1 aromatic heterocycles. The van der Waals surface area contributed by atoms with E-state index in [0.29, 0.717) is 5.82 Å². The fraction of sp³-hybridized carbons (Fsp3) is 0.222. The molecule has 0 N–H and O–H groups in total. The SMILES string of the molecule is FC(F)Cn1nnc(-c2ccccc2)n1. The monoisotopic (exact) mass is 210 g/mol. The minimum atomic E-state index is -2.47. The van der Waals surface area contributed by atoms with Crippen molar-refractivity contribution in [3.8, 4) is 11.4 Å². The Morgan fingerprint density at radius 3 is 2.60 bits per heavy atom. The normalized spacial score (nSPS) is 10.9. The van der Waals surface area contributed by atoms with Crippen LogP contribution in [0.15, 0.2) is 30.3 Å². The molecule has 0 bridgehead atoms. The Hall–Kier alpha value is -1.85. The van der Waals surface area contributed by atoms with Gasteiger partial charge in [0.25, 0.3) is 6.43 Å². The lowest BCUT2D eigenvalue weighted by molar-refractivity contribution is 0.115. The molecule has 0 fully saturated rings. The van der Waals surface area contributed by atoms with Gasteiger partial charge in [0.05, 0.1) is 0 Å². The zero-order chi connectivity index (χ0) is 10.7. The zero-order valence-corrected chi connectivity index (χ0v) is 7.72. The van der Waals surface area contributed by atoms with Crippen molar-refractivity contribution >= 4 is 0 Å². The smallest absolute Gasteiger partial charge is 0.208 e. The van der Waals surface area contributed by atoms with Crippen LogP contribution in [0, 0.1) is 0 Å². The van der Waals surface area contributed by atoms with Gasteiger partial charge in [0.1, 0.15) is 6.54 Å². The number of tetrazole rings is 1. The molecule has 1 heterocycles. The number of rotatable bonds is 3. The van der Waals surface area contributed by atoms with E-state index in [-0.39, 0.29) is 0 Å². The molecule has 2 aromatic rings. The first-order chi connectivity index (χ1) is 7.25. The number of alkyl halides is 2.